The standard InChI is InChI=1S/C17H12ClF3N2O2/c18-10-1-3-11(4-2-10)22-17(25)9-7-14(24)23(8-9)13-6-5-12(19)15(20)16(13)21/h1-6,9H,7-8H2,(H,22,25). The minimum Gasteiger partial charge on any atom is -0.326 e. The first-order chi connectivity index (χ1) is 11.9. The van der Waals surface area contributed by atoms with Crippen LogP contribution in [0.1, 0.15) is 6.42 Å². The van der Waals surface area contributed by atoms with Gasteiger partial charge in [-0.15, -0.1) is 0 Å². The monoisotopic (exact) mass is 368 g/mol. The van der Waals surface area contributed by atoms with Crippen LogP contribution in [-0.2, 0) is 9.59 Å². The van der Waals surface area contributed by atoms with E-state index < -0.39 is 35.2 Å². The number of rotatable bonds is 3. The molecule has 130 valence electrons. The molecule has 0 radical (unpaired) electrons. The van der Waals surface area contributed by atoms with Gasteiger partial charge in [0.2, 0.25) is 11.8 Å². The third-order valence-corrected chi connectivity index (χ3v) is 4.17. The maximum atomic E-state index is 13.9. The fourth-order valence-corrected chi connectivity index (χ4v) is 2.74. The lowest BCUT2D eigenvalue weighted by Gasteiger charge is -2.17. The van der Waals surface area contributed by atoms with E-state index in [0.29, 0.717) is 10.7 Å². The van der Waals surface area contributed by atoms with E-state index in [-0.39, 0.29) is 18.7 Å². The van der Waals surface area contributed by atoms with Crippen molar-refractivity contribution in [3.63, 3.8) is 0 Å². The van der Waals surface area contributed by atoms with Gasteiger partial charge in [0.1, 0.15) is 0 Å². The molecular formula is C17H12ClF3N2O2. The second-order valence-corrected chi connectivity index (χ2v) is 6.03. The third kappa shape index (κ3) is 3.46. The molecule has 0 saturated carbocycles. The Balaban J connectivity index is 1.75. The van der Waals surface area contributed by atoms with E-state index in [4.69, 9.17) is 11.6 Å². The summed E-state index contributed by atoms with van der Waals surface area (Å²) in [5.74, 6) is -6.16. The highest BCUT2D eigenvalue weighted by Crippen LogP contribution is 2.30. The topological polar surface area (TPSA) is 49.4 Å². The van der Waals surface area contributed by atoms with E-state index in [9.17, 15) is 22.8 Å². The Morgan fingerprint density at radius 2 is 1.76 bits per heavy atom. The van der Waals surface area contributed by atoms with Crippen LogP contribution in [0.3, 0.4) is 0 Å². The zero-order valence-electron chi connectivity index (χ0n) is 12.7. The molecule has 2 aromatic carbocycles. The fourth-order valence-electron chi connectivity index (χ4n) is 2.62. The summed E-state index contributed by atoms with van der Waals surface area (Å²) in [6.45, 7) is -0.125. The van der Waals surface area contributed by atoms with E-state index in [1.807, 2.05) is 0 Å². The number of halogens is 4. The summed E-state index contributed by atoms with van der Waals surface area (Å²) in [6, 6.07) is 8.11. The molecule has 0 spiro atoms. The highest BCUT2D eigenvalue weighted by atomic mass is 35.5. The Morgan fingerprint density at radius 3 is 2.44 bits per heavy atom. The summed E-state index contributed by atoms with van der Waals surface area (Å²) in [5.41, 5.74) is 0.116. The van der Waals surface area contributed by atoms with Crippen LogP contribution in [0.5, 0.6) is 0 Å². The van der Waals surface area contributed by atoms with E-state index in [1.54, 1.807) is 24.3 Å². The molecule has 3 rings (SSSR count). The quantitative estimate of drug-likeness (QED) is 0.839. The van der Waals surface area contributed by atoms with Crippen molar-refractivity contribution >= 4 is 34.8 Å². The molecular weight excluding hydrogens is 357 g/mol. The summed E-state index contributed by atoms with van der Waals surface area (Å²) in [6.07, 6.45) is -0.155. The minimum atomic E-state index is -1.65. The van der Waals surface area contributed by atoms with Crippen LogP contribution in [0.15, 0.2) is 36.4 Å². The number of hydrogen-bond acceptors (Lipinski definition) is 2. The molecule has 1 unspecified atom stereocenters. The molecule has 1 N–H and O–H groups in total. The van der Waals surface area contributed by atoms with Crippen LogP contribution < -0.4 is 10.2 Å². The fraction of sp³-hybridized carbons (Fsp3) is 0.176. The number of carbonyl (C=O) groups excluding carboxylic acids is 2. The molecule has 8 heteroatoms. The molecule has 1 atom stereocenters. The molecule has 1 fully saturated rings. The van der Waals surface area contributed by atoms with Gasteiger partial charge in [-0.25, -0.2) is 13.2 Å². The van der Waals surface area contributed by atoms with Crippen molar-refractivity contribution in [2.24, 2.45) is 5.92 Å². The van der Waals surface area contributed by atoms with Crippen molar-refractivity contribution in [2.75, 3.05) is 16.8 Å². The van der Waals surface area contributed by atoms with Crippen LogP contribution in [-0.4, -0.2) is 18.4 Å². The Bertz CT molecular complexity index is 843. The molecule has 4 nitrogen and oxygen atoms in total. The molecule has 1 saturated heterocycles. The molecule has 25 heavy (non-hydrogen) atoms. The molecule has 1 heterocycles. The van der Waals surface area contributed by atoms with Crippen molar-refractivity contribution in [3.8, 4) is 0 Å². The van der Waals surface area contributed by atoms with E-state index in [1.165, 1.54) is 0 Å². The number of anilines is 2. The maximum Gasteiger partial charge on any atom is 0.229 e. The van der Waals surface area contributed by atoms with Gasteiger partial charge < -0.3 is 10.2 Å². The lowest BCUT2D eigenvalue weighted by molar-refractivity contribution is -0.122. The van der Waals surface area contributed by atoms with Crippen LogP contribution in [0.4, 0.5) is 24.5 Å². The first kappa shape index (κ1) is 17.3. The van der Waals surface area contributed by atoms with Gasteiger partial charge in [0.25, 0.3) is 0 Å². The van der Waals surface area contributed by atoms with Gasteiger partial charge >= 0.3 is 0 Å². The normalized spacial score (nSPS) is 17.0. The number of benzene rings is 2. The second kappa shape index (κ2) is 6.76. The number of hydrogen-bond donors (Lipinski definition) is 1. The number of amides is 2. The van der Waals surface area contributed by atoms with Gasteiger partial charge in [-0.2, -0.15) is 0 Å². The van der Waals surface area contributed by atoms with Crippen LogP contribution >= 0.6 is 11.6 Å². The van der Waals surface area contributed by atoms with Crippen LogP contribution in [0.25, 0.3) is 0 Å². The maximum absolute atomic E-state index is 13.9. The average Bonchev–Trinajstić information content (AvgIpc) is 2.97. The van der Waals surface area contributed by atoms with Crippen molar-refractivity contribution in [1.29, 1.82) is 0 Å². The van der Waals surface area contributed by atoms with Gasteiger partial charge in [0, 0.05) is 23.7 Å². The van der Waals surface area contributed by atoms with Gasteiger partial charge in [-0.1, -0.05) is 11.6 Å². The van der Waals surface area contributed by atoms with E-state index in [0.717, 1.165) is 17.0 Å². The van der Waals surface area contributed by atoms with E-state index in [2.05, 4.69) is 5.32 Å². The van der Waals surface area contributed by atoms with E-state index >= 15 is 0 Å². The molecule has 2 aromatic rings. The van der Waals surface area contributed by atoms with Crippen molar-refractivity contribution in [3.05, 3.63) is 58.9 Å². The summed E-state index contributed by atoms with van der Waals surface area (Å²) >= 11 is 5.76. The molecule has 0 aromatic heterocycles. The van der Waals surface area contributed by atoms with Gasteiger partial charge in [-0.05, 0) is 36.4 Å². The average molecular weight is 369 g/mol. The Kier molecular flexibility index (Phi) is 4.67. The summed E-state index contributed by atoms with van der Waals surface area (Å²) in [7, 11) is 0. The van der Waals surface area contributed by atoms with Gasteiger partial charge in [0.05, 0.1) is 11.6 Å². The highest BCUT2D eigenvalue weighted by molar-refractivity contribution is 6.30. The molecule has 0 aliphatic carbocycles. The predicted octanol–water partition coefficient (Wildman–Crippen LogP) is 3.75. The van der Waals surface area contributed by atoms with Crippen LogP contribution in [0.2, 0.25) is 5.02 Å². The van der Waals surface area contributed by atoms with Crippen LogP contribution in [0, 0.1) is 23.4 Å². The smallest absolute Gasteiger partial charge is 0.229 e. The SMILES string of the molecule is O=C(Nc1ccc(Cl)cc1)C1CC(=O)N(c2ccc(F)c(F)c2F)C1. The molecule has 1 aliphatic heterocycles. The largest absolute Gasteiger partial charge is 0.326 e. The summed E-state index contributed by atoms with van der Waals surface area (Å²) in [4.78, 5) is 25.3. The minimum absolute atomic E-state index is 0.125. The van der Waals surface area contributed by atoms with Crippen molar-refractivity contribution in [1.82, 2.24) is 0 Å². The first-order valence-electron chi connectivity index (χ1n) is 7.37. The predicted molar refractivity (Wildman–Crippen MR) is 86.9 cm³/mol. The third-order valence-electron chi connectivity index (χ3n) is 3.91. The molecule has 1 aliphatic rings. The zero-order chi connectivity index (χ0) is 18.1. The molecule has 2 amide bonds. The highest BCUT2D eigenvalue weighted by Gasteiger charge is 2.37. The Labute approximate surface area is 146 Å². The number of nitrogens with one attached hydrogen (secondary N) is 1. The zero-order valence-corrected chi connectivity index (χ0v) is 13.5. The Morgan fingerprint density at radius 1 is 1.08 bits per heavy atom. The van der Waals surface area contributed by atoms with Gasteiger partial charge in [0.15, 0.2) is 17.5 Å². The number of carbonyl (C=O) groups is 2. The van der Waals surface area contributed by atoms with Crippen molar-refractivity contribution in [2.45, 2.75) is 6.42 Å². The first-order valence-corrected chi connectivity index (χ1v) is 7.75. The summed E-state index contributed by atoms with van der Waals surface area (Å²) < 4.78 is 40.3. The Hall–Kier alpha value is -2.54. The lowest BCUT2D eigenvalue weighted by atomic mass is 10.1. The lowest BCUT2D eigenvalue weighted by Crippen LogP contribution is -2.29. The molecule has 0 bridgehead atoms. The summed E-state index contributed by atoms with van der Waals surface area (Å²) in [5, 5.41) is 3.14. The van der Waals surface area contributed by atoms with Gasteiger partial charge in [-0.3, -0.25) is 9.59 Å². The van der Waals surface area contributed by atoms with Crippen molar-refractivity contribution < 1.29 is 22.8 Å². The number of nitrogens with zero attached hydrogens (tertiary/aromatic N) is 1. The second-order valence-electron chi connectivity index (χ2n) is 5.60.